The van der Waals surface area contributed by atoms with Gasteiger partial charge in [-0.05, 0) is 47.0 Å². The molecule has 0 saturated carbocycles. The van der Waals surface area contributed by atoms with Gasteiger partial charge in [0.15, 0.2) is 0 Å². The number of rotatable bonds is 2. The molecule has 1 heterocycles. The first-order valence-electron chi connectivity index (χ1n) is 6.30. The van der Waals surface area contributed by atoms with Gasteiger partial charge >= 0.3 is 6.36 Å². The number of hydrogen-bond acceptors (Lipinski definition) is 3. The largest absolute Gasteiger partial charge is 0.573 e. The molecule has 1 aromatic carbocycles. The van der Waals surface area contributed by atoms with Gasteiger partial charge in [0, 0.05) is 18.7 Å². The van der Waals surface area contributed by atoms with Crippen molar-refractivity contribution in [1.82, 2.24) is 0 Å². The highest BCUT2D eigenvalue weighted by Gasteiger charge is 2.31. The van der Waals surface area contributed by atoms with Gasteiger partial charge in [-0.25, -0.2) is 0 Å². The molecule has 1 aliphatic rings. The summed E-state index contributed by atoms with van der Waals surface area (Å²) < 4.78 is 40.6. The van der Waals surface area contributed by atoms with Crippen molar-refractivity contribution >= 4 is 27.5 Å². The van der Waals surface area contributed by atoms with Gasteiger partial charge in [-0.15, -0.1) is 13.2 Å². The van der Waals surface area contributed by atoms with Crippen LogP contribution < -0.4 is 10.1 Å². The summed E-state index contributed by atoms with van der Waals surface area (Å²) in [4.78, 5) is 4.41. The van der Waals surface area contributed by atoms with Crippen LogP contribution in [0, 0.1) is 0 Å². The van der Waals surface area contributed by atoms with Crippen LogP contribution in [-0.4, -0.2) is 18.7 Å². The zero-order valence-corrected chi connectivity index (χ0v) is 12.2. The number of aliphatic imine (C=N–C) groups is 1. The molecule has 20 heavy (non-hydrogen) atoms. The third-order valence-corrected chi connectivity index (χ3v) is 3.44. The lowest BCUT2D eigenvalue weighted by Gasteiger charge is -2.13. The molecule has 0 aromatic heterocycles. The standard InChI is InChI=1S/C13H14BrF3N2O/c14-10-8-9(5-6-11(10)20-13(15,16)17)19-12-4-2-1-3-7-18-12/h5-6,8H,1-4,7H2,(H,18,19). The number of alkyl halides is 3. The molecule has 0 atom stereocenters. The topological polar surface area (TPSA) is 33.6 Å². The van der Waals surface area contributed by atoms with Gasteiger partial charge in [0.05, 0.1) is 4.47 Å². The Kier molecular flexibility index (Phi) is 4.91. The summed E-state index contributed by atoms with van der Waals surface area (Å²) in [6, 6.07) is 4.37. The molecule has 1 N–H and O–H groups in total. The Labute approximate surface area is 123 Å². The first kappa shape index (κ1) is 15.2. The highest BCUT2D eigenvalue weighted by molar-refractivity contribution is 9.10. The van der Waals surface area contributed by atoms with Crippen LogP contribution in [0.3, 0.4) is 0 Å². The van der Waals surface area contributed by atoms with Crippen molar-refractivity contribution in [3.8, 4) is 5.75 Å². The van der Waals surface area contributed by atoms with Gasteiger partial charge in [0.2, 0.25) is 0 Å². The van der Waals surface area contributed by atoms with E-state index < -0.39 is 6.36 Å². The van der Waals surface area contributed by atoms with Gasteiger partial charge < -0.3 is 10.1 Å². The van der Waals surface area contributed by atoms with Crippen molar-refractivity contribution in [3.05, 3.63) is 22.7 Å². The predicted molar refractivity (Wildman–Crippen MR) is 75.2 cm³/mol. The third-order valence-electron chi connectivity index (χ3n) is 2.82. The molecule has 1 aromatic rings. The maximum Gasteiger partial charge on any atom is 0.573 e. The Bertz CT molecular complexity index is 503. The molecule has 0 fully saturated rings. The highest BCUT2D eigenvalue weighted by Crippen LogP contribution is 2.32. The summed E-state index contributed by atoms with van der Waals surface area (Å²) in [5, 5.41) is 3.13. The normalized spacial score (nSPS) is 16.3. The Balaban J connectivity index is 2.06. The maximum absolute atomic E-state index is 12.2. The summed E-state index contributed by atoms with van der Waals surface area (Å²) in [6.45, 7) is 0.790. The van der Waals surface area contributed by atoms with E-state index >= 15 is 0 Å². The lowest BCUT2D eigenvalue weighted by molar-refractivity contribution is -0.274. The Morgan fingerprint density at radius 3 is 2.70 bits per heavy atom. The fraction of sp³-hybridized carbons (Fsp3) is 0.462. The molecule has 0 spiro atoms. The highest BCUT2D eigenvalue weighted by atomic mass is 79.9. The van der Waals surface area contributed by atoms with E-state index in [1.54, 1.807) is 12.1 Å². The molecule has 0 bridgehead atoms. The zero-order chi connectivity index (χ0) is 14.6. The van der Waals surface area contributed by atoms with E-state index in [2.05, 4.69) is 31.0 Å². The number of amidine groups is 1. The number of ether oxygens (including phenoxy) is 1. The second-order valence-corrected chi connectivity index (χ2v) is 5.31. The van der Waals surface area contributed by atoms with E-state index in [-0.39, 0.29) is 10.2 Å². The summed E-state index contributed by atoms with van der Waals surface area (Å²) in [5.74, 6) is 0.616. The smallest absolute Gasteiger partial charge is 0.405 e. The molecular formula is C13H14BrF3N2O. The van der Waals surface area contributed by atoms with Crippen LogP contribution in [0.1, 0.15) is 25.7 Å². The molecule has 7 heteroatoms. The quantitative estimate of drug-likeness (QED) is 0.836. The fourth-order valence-corrected chi connectivity index (χ4v) is 2.39. The van der Waals surface area contributed by atoms with Crippen LogP contribution in [-0.2, 0) is 0 Å². The van der Waals surface area contributed by atoms with Gasteiger partial charge in [0.1, 0.15) is 11.6 Å². The van der Waals surface area contributed by atoms with Crippen molar-refractivity contribution in [2.45, 2.75) is 32.0 Å². The second kappa shape index (κ2) is 6.47. The Morgan fingerprint density at radius 2 is 2.00 bits per heavy atom. The van der Waals surface area contributed by atoms with E-state index in [1.807, 2.05) is 0 Å². The van der Waals surface area contributed by atoms with E-state index in [4.69, 9.17) is 0 Å². The van der Waals surface area contributed by atoms with Gasteiger partial charge in [-0.1, -0.05) is 6.42 Å². The molecular weight excluding hydrogens is 337 g/mol. The molecule has 0 saturated heterocycles. The summed E-state index contributed by atoms with van der Waals surface area (Å²) >= 11 is 3.08. The second-order valence-electron chi connectivity index (χ2n) is 4.46. The van der Waals surface area contributed by atoms with Gasteiger partial charge in [-0.2, -0.15) is 0 Å². The monoisotopic (exact) mass is 350 g/mol. The molecule has 3 nitrogen and oxygen atoms in total. The van der Waals surface area contributed by atoms with Crippen LogP contribution in [0.5, 0.6) is 5.75 Å². The van der Waals surface area contributed by atoms with Crippen LogP contribution in [0.4, 0.5) is 18.9 Å². The van der Waals surface area contributed by atoms with Crippen molar-refractivity contribution in [2.24, 2.45) is 4.99 Å². The minimum Gasteiger partial charge on any atom is -0.405 e. The number of nitrogens with one attached hydrogen (secondary N) is 1. The van der Waals surface area contributed by atoms with Crippen LogP contribution in [0.15, 0.2) is 27.7 Å². The first-order valence-corrected chi connectivity index (χ1v) is 7.09. The van der Waals surface area contributed by atoms with Crippen LogP contribution in [0.2, 0.25) is 0 Å². The summed E-state index contributed by atoms with van der Waals surface area (Å²) in [5.41, 5.74) is 0.687. The lowest BCUT2D eigenvalue weighted by atomic mass is 10.2. The molecule has 0 aliphatic carbocycles. The Morgan fingerprint density at radius 1 is 1.20 bits per heavy atom. The van der Waals surface area contributed by atoms with Crippen LogP contribution >= 0.6 is 15.9 Å². The van der Waals surface area contributed by atoms with Crippen molar-refractivity contribution in [2.75, 3.05) is 11.9 Å². The van der Waals surface area contributed by atoms with E-state index in [0.717, 1.165) is 38.1 Å². The number of nitrogens with zero attached hydrogens (tertiary/aromatic N) is 1. The van der Waals surface area contributed by atoms with E-state index in [9.17, 15) is 13.2 Å². The number of anilines is 1. The van der Waals surface area contributed by atoms with Crippen LogP contribution in [0.25, 0.3) is 0 Å². The summed E-state index contributed by atoms with van der Waals surface area (Å²) in [6.07, 6.45) is -0.534. The molecule has 0 unspecified atom stereocenters. The molecule has 2 rings (SSSR count). The maximum atomic E-state index is 12.2. The molecule has 1 aliphatic heterocycles. The zero-order valence-electron chi connectivity index (χ0n) is 10.6. The number of halogens is 4. The van der Waals surface area contributed by atoms with E-state index in [0.29, 0.717) is 5.69 Å². The first-order chi connectivity index (χ1) is 9.44. The lowest BCUT2D eigenvalue weighted by Crippen LogP contribution is -2.17. The SMILES string of the molecule is FC(F)(F)Oc1ccc(NC2=NCCCCC2)cc1Br. The van der Waals surface area contributed by atoms with Crippen molar-refractivity contribution < 1.29 is 17.9 Å². The molecule has 0 amide bonds. The van der Waals surface area contributed by atoms with Crippen molar-refractivity contribution in [3.63, 3.8) is 0 Å². The minimum absolute atomic E-state index is 0.244. The Hall–Kier alpha value is -1.24. The molecule has 0 radical (unpaired) electrons. The minimum atomic E-state index is -4.69. The average Bonchev–Trinajstić information content (AvgIpc) is 2.60. The fourth-order valence-electron chi connectivity index (χ4n) is 1.93. The van der Waals surface area contributed by atoms with Crippen molar-refractivity contribution in [1.29, 1.82) is 0 Å². The number of benzene rings is 1. The molecule has 110 valence electrons. The van der Waals surface area contributed by atoms with E-state index in [1.165, 1.54) is 6.07 Å². The van der Waals surface area contributed by atoms with Gasteiger partial charge in [0.25, 0.3) is 0 Å². The summed E-state index contributed by atoms with van der Waals surface area (Å²) in [7, 11) is 0. The van der Waals surface area contributed by atoms with Gasteiger partial charge in [-0.3, -0.25) is 4.99 Å². The number of hydrogen-bond donors (Lipinski definition) is 1. The average molecular weight is 351 g/mol. The predicted octanol–water partition coefficient (Wildman–Crippen LogP) is 4.73. The third kappa shape index (κ3) is 4.70.